The van der Waals surface area contributed by atoms with Gasteiger partial charge in [-0.2, -0.15) is 5.10 Å². The Hall–Kier alpha value is -2.77. The van der Waals surface area contributed by atoms with Crippen LogP contribution in [0.5, 0.6) is 0 Å². The molecule has 0 aliphatic rings. The first-order valence-electron chi connectivity index (χ1n) is 8.63. The van der Waals surface area contributed by atoms with Crippen LogP contribution in [0.4, 0.5) is 0 Å². The van der Waals surface area contributed by atoms with Gasteiger partial charge in [0.1, 0.15) is 0 Å². The molecular weight excluding hydrogens is 364 g/mol. The molecule has 0 atom stereocenters. The molecule has 3 aromatic rings. The summed E-state index contributed by atoms with van der Waals surface area (Å²) >= 11 is 0. The maximum absolute atomic E-state index is 12.0. The molecule has 0 unspecified atom stereocenters. The molecule has 3 heterocycles. The van der Waals surface area contributed by atoms with Crippen LogP contribution in [-0.4, -0.2) is 25.7 Å². The summed E-state index contributed by atoms with van der Waals surface area (Å²) < 4.78 is 1.70. The third kappa shape index (κ3) is 4.32. The number of amides is 1. The summed E-state index contributed by atoms with van der Waals surface area (Å²) in [6.07, 6.45) is 7.74. The van der Waals surface area contributed by atoms with E-state index in [1.165, 1.54) is 0 Å². The Morgan fingerprint density at radius 3 is 2.59 bits per heavy atom. The highest BCUT2D eigenvalue weighted by molar-refractivity contribution is 5.94. The maximum Gasteiger partial charge on any atom is 0.269 e. The fraction of sp³-hybridized carbons (Fsp3) is 0.263. The van der Waals surface area contributed by atoms with Crippen molar-refractivity contribution in [3.8, 4) is 17.1 Å². The Labute approximate surface area is 164 Å². The zero-order chi connectivity index (χ0) is 18.5. The highest BCUT2D eigenvalue weighted by Gasteiger charge is 2.23. The van der Waals surface area contributed by atoms with Crippen molar-refractivity contribution in [2.75, 3.05) is 0 Å². The van der Waals surface area contributed by atoms with Crippen molar-refractivity contribution in [2.24, 2.45) is 11.5 Å². The van der Waals surface area contributed by atoms with Crippen molar-refractivity contribution in [3.63, 3.8) is 0 Å². The molecule has 8 heteroatoms. The molecule has 142 valence electrons. The van der Waals surface area contributed by atoms with Crippen molar-refractivity contribution >= 4 is 18.3 Å². The molecule has 3 rings (SSSR count). The predicted molar refractivity (Wildman–Crippen MR) is 107 cm³/mol. The molecule has 0 saturated carbocycles. The number of hydrogen-bond acceptors (Lipinski definition) is 5. The number of rotatable bonds is 7. The molecule has 0 radical (unpaired) electrons. The lowest BCUT2D eigenvalue weighted by atomic mass is 10.0. The quantitative estimate of drug-likeness (QED) is 0.648. The van der Waals surface area contributed by atoms with Gasteiger partial charge in [0.05, 0.1) is 23.3 Å². The Morgan fingerprint density at radius 2 is 2.04 bits per heavy atom. The van der Waals surface area contributed by atoms with Gasteiger partial charge in [0.25, 0.3) is 5.91 Å². The SMILES string of the molecule is CCCCc1c(C(N)=O)nn(-c2cccnc2)c1-c1ccc(CN)cn1.Cl. The smallest absolute Gasteiger partial charge is 0.269 e. The number of carbonyl (C=O) groups excluding carboxylic acids is 1. The molecule has 0 bridgehead atoms. The number of primary amides is 1. The second kappa shape index (κ2) is 9.25. The van der Waals surface area contributed by atoms with E-state index in [1.54, 1.807) is 23.3 Å². The number of halogens is 1. The lowest BCUT2D eigenvalue weighted by molar-refractivity contribution is 0.0994. The highest BCUT2D eigenvalue weighted by Crippen LogP contribution is 2.29. The molecule has 0 saturated heterocycles. The summed E-state index contributed by atoms with van der Waals surface area (Å²) in [6, 6.07) is 7.52. The molecule has 1 amide bonds. The zero-order valence-corrected chi connectivity index (χ0v) is 15.9. The first-order chi connectivity index (χ1) is 12.7. The third-order valence-corrected chi connectivity index (χ3v) is 4.19. The largest absolute Gasteiger partial charge is 0.364 e. The summed E-state index contributed by atoms with van der Waals surface area (Å²) in [5.74, 6) is -0.543. The average molecular weight is 387 g/mol. The number of nitrogens with zero attached hydrogens (tertiary/aromatic N) is 4. The van der Waals surface area contributed by atoms with E-state index in [2.05, 4.69) is 22.0 Å². The number of unbranched alkanes of at least 4 members (excludes halogenated alkanes) is 1. The minimum atomic E-state index is -0.543. The van der Waals surface area contributed by atoms with Crippen molar-refractivity contribution in [2.45, 2.75) is 32.7 Å². The standard InChI is InChI=1S/C19H22N6O.ClH/c1-2-3-6-15-17(19(21)26)24-25(14-5-4-9-22-12-14)18(15)16-8-7-13(10-20)11-23-16;/h4-5,7-9,11-12H,2-3,6,10,20H2,1H3,(H2,21,26);1H. The average Bonchev–Trinajstić information content (AvgIpc) is 3.06. The minimum Gasteiger partial charge on any atom is -0.364 e. The van der Waals surface area contributed by atoms with Crippen molar-refractivity contribution in [1.82, 2.24) is 19.7 Å². The van der Waals surface area contributed by atoms with Gasteiger partial charge in [0, 0.05) is 24.5 Å². The van der Waals surface area contributed by atoms with Crippen LogP contribution in [-0.2, 0) is 13.0 Å². The van der Waals surface area contributed by atoms with Crippen LogP contribution in [0.25, 0.3) is 17.1 Å². The van der Waals surface area contributed by atoms with Gasteiger partial charge in [-0.05, 0) is 36.6 Å². The van der Waals surface area contributed by atoms with Gasteiger partial charge in [-0.25, -0.2) is 4.68 Å². The van der Waals surface area contributed by atoms with E-state index < -0.39 is 5.91 Å². The van der Waals surface area contributed by atoms with Crippen LogP contribution in [0.3, 0.4) is 0 Å². The second-order valence-electron chi connectivity index (χ2n) is 6.02. The van der Waals surface area contributed by atoms with Crippen molar-refractivity contribution < 1.29 is 4.79 Å². The zero-order valence-electron chi connectivity index (χ0n) is 15.1. The molecular formula is C19H23ClN6O. The fourth-order valence-corrected chi connectivity index (χ4v) is 2.85. The van der Waals surface area contributed by atoms with E-state index in [1.807, 2.05) is 24.3 Å². The van der Waals surface area contributed by atoms with Crippen LogP contribution < -0.4 is 11.5 Å². The predicted octanol–water partition coefficient (Wildman–Crippen LogP) is 2.65. The molecule has 7 nitrogen and oxygen atoms in total. The second-order valence-corrected chi connectivity index (χ2v) is 6.02. The van der Waals surface area contributed by atoms with E-state index in [-0.39, 0.29) is 18.1 Å². The fourth-order valence-electron chi connectivity index (χ4n) is 2.85. The molecule has 4 N–H and O–H groups in total. The van der Waals surface area contributed by atoms with E-state index >= 15 is 0 Å². The molecule has 3 aromatic heterocycles. The van der Waals surface area contributed by atoms with Gasteiger partial charge in [0.2, 0.25) is 0 Å². The molecule has 0 aliphatic heterocycles. The lowest BCUT2D eigenvalue weighted by Crippen LogP contribution is -2.14. The topological polar surface area (TPSA) is 113 Å². The number of nitrogens with two attached hydrogens (primary N) is 2. The Balaban J connectivity index is 0.00000261. The maximum atomic E-state index is 12.0. The van der Waals surface area contributed by atoms with Gasteiger partial charge in [0.15, 0.2) is 5.69 Å². The third-order valence-electron chi connectivity index (χ3n) is 4.19. The first-order valence-corrected chi connectivity index (χ1v) is 8.63. The summed E-state index contributed by atoms with van der Waals surface area (Å²) in [5, 5.41) is 4.49. The Morgan fingerprint density at radius 1 is 1.22 bits per heavy atom. The highest BCUT2D eigenvalue weighted by atomic mass is 35.5. The molecule has 27 heavy (non-hydrogen) atoms. The van der Waals surface area contributed by atoms with E-state index in [9.17, 15) is 4.79 Å². The lowest BCUT2D eigenvalue weighted by Gasteiger charge is -2.09. The molecule has 0 spiro atoms. The van der Waals surface area contributed by atoms with Gasteiger partial charge in [-0.3, -0.25) is 14.8 Å². The monoisotopic (exact) mass is 386 g/mol. The van der Waals surface area contributed by atoms with Crippen LogP contribution >= 0.6 is 12.4 Å². The molecule has 0 aliphatic carbocycles. The van der Waals surface area contributed by atoms with Crippen LogP contribution in [0.1, 0.15) is 41.4 Å². The summed E-state index contributed by atoms with van der Waals surface area (Å²) in [7, 11) is 0. The Kier molecular flexibility index (Phi) is 7.04. The molecule has 0 fully saturated rings. The molecule has 0 aromatic carbocycles. The normalized spacial score (nSPS) is 10.4. The number of hydrogen-bond donors (Lipinski definition) is 2. The number of pyridine rings is 2. The number of carbonyl (C=O) groups is 1. The Bertz CT molecular complexity index is 893. The summed E-state index contributed by atoms with van der Waals surface area (Å²) in [5.41, 5.74) is 15.5. The number of aromatic nitrogens is 4. The summed E-state index contributed by atoms with van der Waals surface area (Å²) in [6.45, 7) is 2.52. The van der Waals surface area contributed by atoms with Gasteiger partial charge in [-0.15, -0.1) is 12.4 Å². The van der Waals surface area contributed by atoms with E-state index in [4.69, 9.17) is 11.5 Å². The van der Waals surface area contributed by atoms with Crippen LogP contribution in [0.2, 0.25) is 0 Å². The van der Waals surface area contributed by atoms with Gasteiger partial charge in [-0.1, -0.05) is 19.4 Å². The first kappa shape index (κ1) is 20.5. The van der Waals surface area contributed by atoms with E-state index in [0.29, 0.717) is 13.0 Å². The van der Waals surface area contributed by atoms with Crippen LogP contribution in [0, 0.1) is 0 Å². The van der Waals surface area contributed by atoms with Crippen LogP contribution in [0.15, 0.2) is 42.9 Å². The van der Waals surface area contributed by atoms with Crippen molar-refractivity contribution in [1.29, 1.82) is 0 Å². The van der Waals surface area contributed by atoms with Gasteiger partial charge >= 0.3 is 0 Å². The summed E-state index contributed by atoms with van der Waals surface area (Å²) in [4.78, 5) is 20.7. The van der Waals surface area contributed by atoms with Crippen molar-refractivity contribution in [3.05, 3.63) is 59.7 Å². The van der Waals surface area contributed by atoms with Gasteiger partial charge < -0.3 is 11.5 Å². The minimum absolute atomic E-state index is 0. The van der Waals surface area contributed by atoms with E-state index in [0.717, 1.165) is 41.0 Å².